The lowest BCUT2D eigenvalue weighted by molar-refractivity contribution is -0.143. The SMILES string of the molecule is CCOc1ccc(C2NC(C(=O)OC)Cc3c2[nH]c2ccccc32)c(CC)c1. The van der Waals surface area contributed by atoms with Gasteiger partial charge in [-0.3, -0.25) is 10.1 Å². The molecule has 1 aromatic heterocycles. The largest absolute Gasteiger partial charge is 0.494 e. The highest BCUT2D eigenvalue weighted by molar-refractivity contribution is 5.87. The van der Waals surface area contributed by atoms with Crippen LogP contribution in [0, 0.1) is 0 Å². The van der Waals surface area contributed by atoms with Gasteiger partial charge in [-0.25, -0.2) is 0 Å². The Morgan fingerprint density at radius 3 is 2.75 bits per heavy atom. The molecule has 2 heterocycles. The molecule has 2 N–H and O–H groups in total. The molecule has 0 saturated heterocycles. The first-order chi connectivity index (χ1) is 13.7. The van der Waals surface area contributed by atoms with Crippen LogP contribution in [-0.2, 0) is 22.4 Å². The van der Waals surface area contributed by atoms with Crippen LogP contribution in [0.15, 0.2) is 42.5 Å². The number of esters is 1. The number of aromatic nitrogens is 1. The van der Waals surface area contributed by atoms with E-state index >= 15 is 0 Å². The Morgan fingerprint density at radius 2 is 2.00 bits per heavy atom. The van der Waals surface area contributed by atoms with Crippen molar-refractivity contribution in [2.24, 2.45) is 0 Å². The third-order valence-electron chi connectivity index (χ3n) is 5.51. The molecule has 2 unspecified atom stereocenters. The molecule has 0 aliphatic carbocycles. The van der Waals surface area contributed by atoms with E-state index < -0.39 is 0 Å². The van der Waals surface area contributed by atoms with Crippen LogP contribution in [0.1, 0.15) is 42.3 Å². The number of benzene rings is 2. The van der Waals surface area contributed by atoms with Gasteiger partial charge in [0.25, 0.3) is 0 Å². The first-order valence-corrected chi connectivity index (χ1v) is 9.85. The lowest BCUT2D eigenvalue weighted by atomic mass is 9.87. The second kappa shape index (κ2) is 7.68. The van der Waals surface area contributed by atoms with Gasteiger partial charge in [-0.1, -0.05) is 31.2 Å². The van der Waals surface area contributed by atoms with Gasteiger partial charge in [0.15, 0.2) is 0 Å². The Bertz CT molecular complexity index is 1010. The summed E-state index contributed by atoms with van der Waals surface area (Å²) in [6.07, 6.45) is 1.49. The topological polar surface area (TPSA) is 63.4 Å². The number of carbonyl (C=O) groups is 1. The monoisotopic (exact) mass is 378 g/mol. The number of aryl methyl sites for hydroxylation is 1. The zero-order valence-electron chi connectivity index (χ0n) is 16.5. The average molecular weight is 378 g/mol. The summed E-state index contributed by atoms with van der Waals surface area (Å²) in [5, 5.41) is 4.69. The molecule has 2 aromatic carbocycles. The molecule has 3 aromatic rings. The van der Waals surface area contributed by atoms with Crippen LogP contribution in [0.2, 0.25) is 0 Å². The fourth-order valence-corrected chi connectivity index (χ4v) is 4.20. The van der Waals surface area contributed by atoms with E-state index in [4.69, 9.17) is 9.47 Å². The Labute approximate surface area is 165 Å². The summed E-state index contributed by atoms with van der Waals surface area (Å²) in [5.74, 6) is 0.644. The normalized spacial score (nSPS) is 18.7. The van der Waals surface area contributed by atoms with Gasteiger partial charge >= 0.3 is 5.97 Å². The fraction of sp³-hybridized carbons (Fsp3) is 0.348. The molecule has 0 amide bonds. The van der Waals surface area contributed by atoms with Crippen LogP contribution >= 0.6 is 0 Å². The van der Waals surface area contributed by atoms with E-state index in [1.807, 2.05) is 25.1 Å². The molecule has 1 aliphatic rings. The fourth-order valence-electron chi connectivity index (χ4n) is 4.20. The quantitative estimate of drug-likeness (QED) is 0.661. The Kier molecular flexibility index (Phi) is 5.09. The van der Waals surface area contributed by atoms with Crippen LogP contribution in [0.5, 0.6) is 5.75 Å². The minimum absolute atomic E-state index is 0.106. The summed E-state index contributed by atoms with van der Waals surface area (Å²) in [4.78, 5) is 16.0. The van der Waals surface area contributed by atoms with Crippen LogP contribution < -0.4 is 10.1 Å². The van der Waals surface area contributed by atoms with Crippen LogP contribution in [0.3, 0.4) is 0 Å². The number of methoxy groups -OCH3 is 1. The maximum atomic E-state index is 12.4. The van der Waals surface area contributed by atoms with Gasteiger partial charge in [0.1, 0.15) is 11.8 Å². The summed E-state index contributed by atoms with van der Waals surface area (Å²) < 4.78 is 10.7. The smallest absolute Gasteiger partial charge is 0.323 e. The molecule has 2 atom stereocenters. The molecule has 0 fully saturated rings. The molecule has 146 valence electrons. The third kappa shape index (κ3) is 3.16. The first kappa shape index (κ1) is 18.6. The van der Waals surface area contributed by atoms with E-state index in [1.54, 1.807) is 0 Å². The number of ether oxygens (including phenoxy) is 2. The number of hydrogen-bond donors (Lipinski definition) is 2. The van der Waals surface area contributed by atoms with E-state index in [0.717, 1.165) is 28.9 Å². The van der Waals surface area contributed by atoms with Gasteiger partial charge in [-0.2, -0.15) is 0 Å². The number of carbonyl (C=O) groups excluding carboxylic acids is 1. The molecule has 1 aliphatic heterocycles. The van der Waals surface area contributed by atoms with Crippen molar-refractivity contribution in [2.45, 2.75) is 38.8 Å². The lowest BCUT2D eigenvalue weighted by Gasteiger charge is -2.31. The van der Waals surface area contributed by atoms with Gasteiger partial charge in [0.05, 0.1) is 19.8 Å². The molecule has 4 rings (SSSR count). The van der Waals surface area contributed by atoms with Crippen LogP contribution in [0.4, 0.5) is 0 Å². The number of para-hydroxylation sites is 1. The first-order valence-electron chi connectivity index (χ1n) is 9.85. The molecular formula is C23H26N2O3. The zero-order valence-corrected chi connectivity index (χ0v) is 16.5. The van der Waals surface area contributed by atoms with E-state index in [1.165, 1.54) is 23.6 Å². The maximum absolute atomic E-state index is 12.4. The van der Waals surface area contributed by atoms with Crippen molar-refractivity contribution in [1.29, 1.82) is 0 Å². The summed E-state index contributed by atoms with van der Waals surface area (Å²) in [5.41, 5.74) is 5.77. The standard InChI is InChI=1S/C23H26N2O3/c1-4-14-12-15(28-5-2)10-11-16(14)21-22-18(13-20(25-21)23(26)27-3)17-8-6-7-9-19(17)24-22/h6-12,20-21,24-25H,4-5,13H2,1-3H3. The van der Waals surface area contributed by atoms with E-state index in [9.17, 15) is 4.79 Å². The minimum atomic E-state index is -0.377. The number of fused-ring (bicyclic) bond motifs is 3. The molecule has 0 radical (unpaired) electrons. The summed E-state index contributed by atoms with van der Waals surface area (Å²) >= 11 is 0. The molecule has 28 heavy (non-hydrogen) atoms. The summed E-state index contributed by atoms with van der Waals surface area (Å²) in [6.45, 7) is 4.77. The van der Waals surface area contributed by atoms with Crippen molar-refractivity contribution in [3.8, 4) is 5.75 Å². The van der Waals surface area contributed by atoms with Gasteiger partial charge in [-0.15, -0.1) is 0 Å². The highest BCUT2D eigenvalue weighted by Crippen LogP contribution is 2.37. The lowest BCUT2D eigenvalue weighted by Crippen LogP contribution is -2.45. The molecule has 0 spiro atoms. The molecule has 5 heteroatoms. The zero-order chi connectivity index (χ0) is 19.7. The minimum Gasteiger partial charge on any atom is -0.494 e. The summed E-state index contributed by atoms with van der Waals surface area (Å²) in [6, 6.07) is 14.0. The predicted molar refractivity (Wildman–Crippen MR) is 110 cm³/mol. The number of hydrogen-bond acceptors (Lipinski definition) is 4. The van der Waals surface area contributed by atoms with Crippen molar-refractivity contribution < 1.29 is 14.3 Å². The maximum Gasteiger partial charge on any atom is 0.323 e. The van der Waals surface area contributed by atoms with Gasteiger partial charge in [-0.05, 0) is 48.2 Å². The van der Waals surface area contributed by atoms with Gasteiger partial charge in [0, 0.05) is 23.0 Å². The Morgan fingerprint density at radius 1 is 1.18 bits per heavy atom. The number of rotatable bonds is 5. The average Bonchev–Trinajstić information content (AvgIpc) is 3.11. The van der Waals surface area contributed by atoms with Gasteiger partial charge < -0.3 is 14.5 Å². The van der Waals surface area contributed by atoms with Crippen molar-refractivity contribution in [2.75, 3.05) is 13.7 Å². The van der Waals surface area contributed by atoms with Crippen molar-refractivity contribution >= 4 is 16.9 Å². The van der Waals surface area contributed by atoms with E-state index in [-0.39, 0.29) is 18.1 Å². The van der Waals surface area contributed by atoms with Crippen LogP contribution in [0.25, 0.3) is 10.9 Å². The second-order valence-electron chi connectivity index (χ2n) is 7.09. The van der Waals surface area contributed by atoms with Crippen molar-refractivity contribution in [3.05, 3.63) is 64.8 Å². The number of aromatic amines is 1. The summed E-state index contributed by atoms with van der Waals surface area (Å²) in [7, 11) is 1.44. The Balaban J connectivity index is 1.85. The van der Waals surface area contributed by atoms with Crippen molar-refractivity contribution in [3.63, 3.8) is 0 Å². The predicted octanol–water partition coefficient (Wildman–Crippen LogP) is 3.91. The second-order valence-corrected chi connectivity index (χ2v) is 7.09. The number of nitrogens with one attached hydrogen (secondary N) is 2. The molecule has 0 saturated carbocycles. The van der Waals surface area contributed by atoms with E-state index in [2.05, 4.69) is 41.5 Å². The molecule has 0 bridgehead atoms. The van der Waals surface area contributed by atoms with Crippen LogP contribution in [-0.4, -0.2) is 30.7 Å². The van der Waals surface area contributed by atoms with Gasteiger partial charge in [0.2, 0.25) is 0 Å². The van der Waals surface area contributed by atoms with E-state index in [0.29, 0.717) is 13.0 Å². The highest BCUT2D eigenvalue weighted by atomic mass is 16.5. The molecule has 5 nitrogen and oxygen atoms in total. The third-order valence-corrected chi connectivity index (χ3v) is 5.51. The highest BCUT2D eigenvalue weighted by Gasteiger charge is 2.35. The Hall–Kier alpha value is -2.79. The van der Waals surface area contributed by atoms with Crippen molar-refractivity contribution in [1.82, 2.24) is 10.3 Å². The molecular weight excluding hydrogens is 352 g/mol. The number of H-pyrrole nitrogens is 1.